The molecule has 70 valence electrons. The minimum absolute atomic E-state index is 0.345. The monoisotopic (exact) mass is 192 g/mol. The lowest BCUT2D eigenvalue weighted by atomic mass is 10.3. The van der Waals surface area contributed by atoms with E-state index in [-0.39, 0.29) is 0 Å². The van der Waals surface area contributed by atoms with Gasteiger partial charge in [-0.3, -0.25) is 4.18 Å². The molecule has 5 heteroatoms. The van der Waals surface area contributed by atoms with Gasteiger partial charge >= 0.3 is 0 Å². The van der Waals surface area contributed by atoms with E-state index in [4.69, 9.17) is 8.92 Å². The van der Waals surface area contributed by atoms with Crippen molar-refractivity contribution in [1.82, 2.24) is 0 Å². The van der Waals surface area contributed by atoms with Crippen molar-refractivity contribution >= 4 is 10.1 Å². The summed E-state index contributed by atoms with van der Waals surface area (Å²) in [4.78, 5) is 0. The Morgan fingerprint density at radius 1 is 1.42 bits per heavy atom. The van der Waals surface area contributed by atoms with Gasteiger partial charge in [-0.15, -0.1) is 0 Å². The number of hydrogen-bond acceptors (Lipinski definition) is 4. The molecule has 0 N–H and O–H groups in total. The van der Waals surface area contributed by atoms with Crippen molar-refractivity contribution < 1.29 is 17.3 Å². The first kappa shape index (κ1) is 8.47. The Morgan fingerprint density at radius 3 is 2.50 bits per heavy atom. The predicted molar refractivity (Wildman–Crippen MR) is 42.1 cm³/mol. The maximum atomic E-state index is 10.6. The Hall–Kier alpha value is -0.130. The molecule has 0 spiro atoms. The van der Waals surface area contributed by atoms with E-state index in [0.29, 0.717) is 24.4 Å². The summed E-state index contributed by atoms with van der Waals surface area (Å²) in [5, 5.41) is 0. The third-order valence-corrected chi connectivity index (χ3v) is 3.17. The summed E-state index contributed by atoms with van der Waals surface area (Å²) in [5.74, 6) is 1.55. The van der Waals surface area contributed by atoms with Gasteiger partial charge in [0.25, 0.3) is 10.1 Å². The molecule has 1 saturated carbocycles. The molecule has 0 aromatic rings. The Bertz CT molecular complexity index is 261. The van der Waals surface area contributed by atoms with E-state index in [1.807, 2.05) is 0 Å². The van der Waals surface area contributed by atoms with Crippen molar-refractivity contribution in [1.29, 1.82) is 0 Å². The van der Waals surface area contributed by atoms with Gasteiger partial charge in [0.05, 0.1) is 26.1 Å². The molecule has 0 bridgehead atoms. The quantitative estimate of drug-likeness (QED) is 0.584. The number of hydrogen-bond donors (Lipinski definition) is 0. The van der Waals surface area contributed by atoms with Crippen LogP contribution in [0.1, 0.15) is 0 Å². The zero-order chi connectivity index (χ0) is 8.77. The van der Waals surface area contributed by atoms with Gasteiger partial charge in [0.2, 0.25) is 0 Å². The molecule has 2 unspecified atom stereocenters. The van der Waals surface area contributed by atoms with Gasteiger partial charge in [0, 0.05) is 0 Å². The van der Waals surface area contributed by atoms with Crippen molar-refractivity contribution in [2.45, 2.75) is 0 Å². The molecule has 0 aromatic heterocycles. The number of fused-ring (bicyclic) bond motifs is 1. The van der Waals surface area contributed by atoms with Crippen molar-refractivity contribution in [3.63, 3.8) is 0 Å². The fraction of sp³-hybridized carbons (Fsp3) is 1.00. The van der Waals surface area contributed by atoms with Crippen LogP contribution >= 0.6 is 0 Å². The first-order chi connectivity index (χ1) is 5.58. The van der Waals surface area contributed by atoms with Crippen molar-refractivity contribution in [2.24, 2.45) is 17.8 Å². The zero-order valence-electron chi connectivity index (χ0n) is 6.89. The molecule has 1 heterocycles. The van der Waals surface area contributed by atoms with Gasteiger partial charge in [0.1, 0.15) is 0 Å². The van der Waals surface area contributed by atoms with E-state index in [1.54, 1.807) is 0 Å². The second kappa shape index (κ2) is 2.68. The molecule has 0 aromatic carbocycles. The van der Waals surface area contributed by atoms with E-state index in [0.717, 1.165) is 19.5 Å². The summed E-state index contributed by atoms with van der Waals surface area (Å²) in [7, 11) is -3.25. The molecule has 12 heavy (non-hydrogen) atoms. The molecule has 2 rings (SSSR count). The Morgan fingerprint density at radius 2 is 2.00 bits per heavy atom. The van der Waals surface area contributed by atoms with Gasteiger partial charge in [-0.25, -0.2) is 0 Å². The van der Waals surface area contributed by atoms with Gasteiger partial charge in [-0.05, 0) is 17.8 Å². The lowest BCUT2D eigenvalue weighted by Gasteiger charge is -2.03. The molecule has 1 aliphatic carbocycles. The van der Waals surface area contributed by atoms with E-state index in [1.165, 1.54) is 0 Å². The molecule has 0 amide bonds. The SMILES string of the molecule is CS(=O)(=O)OCC1C2COCC21. The fourth-order valence-corrected chi connectivity index (χ4v) is 2.21. The fourth-order valence-electron chi connectivity index (χ4n) is 1.81. The molecule has 0 radical (unpaired) electrons. The third kappa shape index (κ3) is 1.62. The second-order valence-corrected chi connectivity index (χ2v) is 5.16. The molecule has 1 saturated heterocycles. The van der Waals surface area contributed by atoms with Crippen LogP contribution < -0.4 is 0 Å². The molecule has 4 nitrogen and oxygen atoms in total. The molecule has 2 fully saturated rings. The van der Waals surface area contributed by atoms with Crippen LogP contribution in [-0.2, 0) is 19.0 Å². The van der Waals surface area contributed by atoms with Crippen molar-refractivity contribution in [2.75, 3.05) is 26.1 Å². The van der Waals surface area contributed by atoms with Crippen molar-refractivity contribution in [3.05, 3.63) is 0 Å². The average molecular weight is 192 g/mol. The summed E-state index contributed by atoms with van der Waals surface area (Å²) in [6.07, 6.45) is 1.08. The third-order valence-electron chi connectivity index (χ3n) is 2.60. The van der Waals surface area contributed by atoms with E-state index >= 15 is 0 Å². The van der Waals surface area contributed by atoms with Crippen LogP contribution in [0.15, 0.2) is 0 Å². The summed E-state index contributed by atoms with van der Waals surface area (Å²) < 4.78 is 31.1. The standard InChI is InChI=1S/C7H12O4S/c1-12(8,9)11-4-7-5-2-10-3-6(5)7/h5-7H,2-4H2,1H3. The zero-order valence-corrected chi connectivity index (χ0v) is 7.71. The highest BCUT2D eigenvalue weighted by Crippen LogP contribution is 2.50. The van der Waals surface area contributed by atoms with Gasteiger partial charge in [-0.1, -0.05) is 0 Å². The normalized spacial score (nSPS) is 39.6. The summed E-state index contributed by atoms with van der Waals surface area (Å²) in [5.41, 5.74) is 0. The van der Waals surface area contributed by atoms with Crippen LogP contribution in [0.4, 0.5) is 0 Å². The highest BCUT2D eigenvalue weighted by Gasteiger charge is 2.54. The van der Waals surface area contributed by atoms with Crippen LogP contribution in [0.5, 0.6) is 0 Å². The maximum absolute atomic E-state index is 10.6. The van der Waals surface area contributed by atoms with Gasteiger partial charge in [0.15, 0.2) is 0 Å². The van der Waals surface area contributed by atoms with E-state index < -0.39 is 10.1 Å². The highest BCUT2D eigenvalue weighted by atomic mass is 32.2. The second-order valence-electron chi connectivity index (χ2n) is 3.52. The summed E-state index contributed by atoms with van der Waals surface area (Å²) in [6, 6.07) is 0. The van der Waals surface area contributed by atoms with Crippen LogP contribution in [0.2, 0.25) is 0 Å². The van der Waals surface area contributed by atoms with Crippen LogP contribution in [0.3, 0.4) is 0 Å². The lowest BCUT2D eigenvalue weighted by Crippen LogP contribution is -2.09. The van der Waals surface area contributed by atoms with Crippen LogP contribution in [-0.4, -0.2) is 34.5 Å². The minimum Gasteiger partial charge on any atom is -0.381 e. The topological polar surface area (TPSA) is 52.6 Å². The lowest BCUT2D eigenvalue weighted by molar-refractivity contribution is 0.138. The number of rotatable bonds is 3. The Kier molecular flexibility index (Phi) is 1.89. The first-order valence-corrected chi connectivity index (χ1v) is 5.82. The predicted octanol–water partition coefficient (Wildman–Crippen LogP) is -0.145. The largest absolute Gasteiger partial charge is 0.381 e. The summed E-state index contributed by atoms with van der Waals surface area (Å²) in [6.45, 7) is 1.91. The smallest absolute Gasteiger partial charge is 0.264 e. The summed E-state index contributed by atoms with van der Waals surface area (Å²) >= 11 is 0. The first-order valence-electron chi connectivity index (χ1n) is 4.00. The highest BCUT2D eigenvalue weighted by molar-refractivity contribution is 7.85. The molecular weight excluding hydrogens is 180 g/mol. The Balaban J connectivity index is 1.77. The molecule has 2 aliphatic rings. The van der Waals surface area contributed by atoms with E-state index in [9.17, 15) is 8.42 Å². The van der Waals surface area contributed by atoms with E-state index in [2.05, 4.69) is 0 Å². The van der Waals surface area contributed by atoms with Gasteiger partial charge in [-0.2, -0.15) is 8.42 Å². The van der Waals surface area contributed by atoms with Crippen molar-refractivity contribution in [3.8, 4) is 0 Å². The minimum atomic E-state index is -3.25. The maximum Gasteiger partial charge on any atom is 0.264 e. The van der Waals surface area contributed by atoms with Gasteiger partial charge < -0.3 is 4.74 Å². The Labute approximate surface area is 72.0 Å². The molecule has 2 atom stereocenters. The number of ether oxygens (including phenoxy) is 1. The molecule has 1 aliphatic heterocycles. The molecular formula is C7H12O4S. The van der Waals surface area contributed by atoms with Crippen LogP contribution in [0, 0.1) is 17.8 Å². The van der Waals surface area contributed by atoms with Crippen LogP contribution in [0.25, 0.3) is 0 Å². The average Bonchev–Trinajstić information content (AvgIpc) is 2.41.